The first-order valence-electron chi connectivity index (χ1n) is 10.3. The quantitative estimate of drug-likeness (QED) is 0.365. The molecule has 2 aliphatic rings. The van der Waals surface area contributed by atoms with Crippen LogP contribution in [0, 0.1) is 5.82 Å². The van der Waals surface area contributed by atoms with Gasteiger partial charge in [0.15, 0.2) is 5.96 Å². The van der Waals surface area contributed by atoms with E-state index in [1.807, 2.05) is 11.8 Å². The van der Waals surface area contributed by atoms with Gasteiger partial charge in [0.05, 0.1) is 12.6 Å². The zero-order valence-electron chi connectivity index (χ0n) is 18.0. The summed E-state index contributed by atoms with van der Waals surface area (Å²) in [4.78, 5) is 22.4. The van der Waals surface area contributed by atoms with Crippen LogP contribution < -0.4 is 5.32 Å². The van der Waals surface area contributed by atoms with E-state index in [1.54, 1.807) is 26.1 Å². The lowest BCUT2D eigenvalue weighted by Crippen LogP contribution is -2.53. The second-order valence-corrected chi connectivity index (χ2v) is 7.71. The van der Waals surface area contributed by atoms with Crippen molar-refractivity contribution in [3.8, 4) is 0 Å². The van der Waals surface area contributed by atoms with E-state index in [0.29, 0.717) is 6.54 Å². The van der Waals surface area contributed by atoms with Crippen LogP contribution in [0.25, 0.3) is 0 Å². The molecule has 0 saturated carbocycles. The Morgan fingerprint density at radius 2 is 1.83 bits per heavy atom. The molecule has 2 saturated heterocycles. The summed E-state index contributed by atoms with van der Waals surface area (Å²) in [5.41, 5.74) is 0.974. The Labute approximate surface area is 195 Å². The maximum atomic E-state index is 13.2. The second-order valence-electron chi connectivity index (χ2n) is 7.71. The molecular formula is C21H33FIN5O2. The molecule has 0 aliphatic carbocycles. The Bertz CT molecular complexity index is 710. The van der Waals surface area contributed by atoms with Gasteiger partial charge in [-0.1, -0.05) is 12.1 Å². The van der Waals surface area contributed by atoms with E-state index in [9.17, 15) is 9.18 Å². The number of amides is 1. The molecule has 30 heavy (non-hydrogen) atoms. The van der Waals surface area contributed by atoms with Crippen molar-refractivity contribution in [1.82, 2.24) is 20.0 Å². The lowest BCUT2D eigenvalue weighted by atomic mass is 10.1. The van der Waals surface area contributed by atoms with Gasteiger partial charge < -0.3 is 19.9 Å². The predicted octanol–water partition coefficient (Wildman–Crippen LogP) is 1.94. The number of rotatable bonds is 4. The number of carbonyl (C=O) groups is 1. The summed E-state index contributed by atoms with van der Waals surface area (Å²) >= 11 is 0. The first-order valence-corrected chi connectivity index (χ1v) is 10.3. The van der Waals surface area contributed by atoms with Gasteiger partial charge in [-0.15, -0.1) is 24.0 Å². The number of carbonyl (C=O) groups excluding carboxylic acids is 1. The van der Waals surface area contributed by atoms with Crippen LogP contribution in [0.15, 0.2) is 29.3 Å². The number of benzene rings is 1. The van der Waals surface area contributed by atoms with E-state index in [2.05, 4.69) is 20.1 Å². The Morgan fingerprint density at radius 3 is 2.43 bits per heavy atom. The van der Waals surface area contributed by atoms with Gasteiger partial charge in [0.1, 0.15) is 11.9 Å². The van der Waals surface area contributed by atoms with Crippen LogP contribution in [0.4, 0.5) is 4.39 Å². The number of hydrogen-bond donors (Lipinski definition) is 1. The molecule has 0 spiro atoms. The molecule has 1 aromatic carbocycles. The molecule has 9 heteroatoms. The number of halogens is 2. The van der Waals surface area contributed by atoms with Crippen LogP contribution in [-0.4, -0.2) is 92.1 Å². The fraction of sp³-hybridized carbons (Fsp3) is 0.619. The van der Waals surface area contributed by atoms with Crippen molar-refractivity contribution in [2.75, 3.05) is 59.4 Å². The largest absolute Gasteiger partial charge is 0.367 e. The van der Waals surface area contributed by atoms with E-state index >= 15 is 0 Å². The van der Waals surface area contributed by atoms with E-state index in [4.69, 9.17) is 4.74 Å². The summed E-state index contributed by atoms with van der Waals surface area (Å²) in [6.07, 6.45) is -0.0606. The van der Waals surface area contributed by atoms with Crippen molar-refractivity contribution in [3.63, 3.8) is 0 Å². The molecule has 168 valence electrons. The van der Waals surface area contributed by atoms with Gasteiger partial charge in [0.25, 0.3) is 0 Å². The van der Waals surface area contributed by atoms with Crippen LogP contribution in [0.5, 0.6) is 0 Å². The van der Waals surface area contributed by atoms with Crippen molar-refractivity contribution < 1.29 is 13.9 Å². The average molecular weight is 533 g/mol. The van der Waals surface area contributed by atoms with Crippen LogP contribution >= 0.6 is 24.0 Å². The topological polar surface area (TPSA) is 60.4 Å². The van der Waals surface area contributed by atoms with Gasteiger partial charge in [-0.25, -0.2) is 4.39 Å². The maximum absolute atomic E-state index is 13.2. The third-order valence-electron chi connectivity index (χ3n) is 5.54. The Morgan fingerprint density at radius 1 is 1.17 bits per heavy atom. The number of ether oxygens (including phenoxy) is 1. The van der Waals surface area contributed by atoms with Gasteiger partial charge >= 0.3 is 0 Å². The van der Waals surface area contributed by atoms with Crippen molar-refractivity contribution in [3.05, 3.63) is 35.6 Å². The number of guanidine groups is 1. The first-order chi connectivity index (χ1) is 14.0. The molecule has 7 nitrogen and oxygen atoms in total. The highest BCUT2D eigenvalue weighted by Crippen LogP contribution is 2.25. The highest BCUT2D eigenvalue weighted by atomic mass is 127. The molecule has 2 atom stereocenters. The molecule has 1 amide bonds. The zero-order valence-corrected chi connectivity index (χ0v) is 20.3. The molecule has 2 aliphatic heterocycles. The Balaban J connectivity index is 0.00000320. The summed E-state index contributed by atoms with van der Waals surface area (Å²) in [6.45, 7) is 10.2. The number of nitrogens with zero attached hydrogens (tertiary/aromatic N) is 4. The third-order valence-corrected chi connectivity index (χ3v) is 5.54. The second kappa shape index (κ2) is 11.8. The predicted molar refractivity (Wildman–Crippen MR) is 127 cm³/mol. The fourth-order valence-corrected chi connectivity index (χ4v) is 3.93. The zero-order chi connectivity index (χ0) is 20.8. The normalized spacial score (nSPS) is 23.1. The number of hydrogen-bond acceptors (Lipinski definition) is 4. The molecule has 2 fully saturated rings. The van der Waals surface area contributed by atoms with Crippen LogP contribution in [0.3, 0.4) is 0 Å². The smallest absolute Gasteiger partial charge is 0.219 e. The molecule has 0 aromatic heterocycles. The lowest BCUT2D eigenvalue weighted by Gasteiger charge is -2.39. The summed E-state index contributed by atoms with van der Waals surface area (Å²) in [7, 11) is 1.79. The molecule has 0 bridgehead atoms. The number of piperazine rings is 1. The molecule has 2 unspecified atom stereocenters. The van der Waals surface area contributed by atoms with E-state index in [-0.39, 0.29) is 47.9 Å². The Hall–Kier alpha value is -1.46. The van der Waals surface area contributed by atoms with Crippen LogP contribution in [0.2, 0.25) is 0 Å². The number of morpholine rings is 1. The summed E-state index contributed by atoms with van der Waals surface area (Å²) in [6, 6.07) is 6.52. The molecule has 1 aromatic rings. The summed E-state index contributed by atoms with van der Waals surface area (Å²) in [5, 5.41) is 3.46. The fourth-order valence-electron chi connectivity index (χ4n) is 3.93. The minimum absolute atomic E-state index is 0. The van der Waals surface area contributed by atoms with Gasteiger partial charge in [-0.05, 0) is 24.6 Å². The van der Waals surface area contributed by atoms with Gasteiger partial charge in [-0.2, -0.15) is 0 Å². The number of aliphatic imine (C=N–C) groups is 1. The highest BCUT2D eigenvalue weighted by Gasteiger charge is 2.28. The van der Waals surface area contributed by atoms with E-state index in [1.165, 1.54) is 12.1 Å². The standard InChI is InChI=1S/C21H32FN5O2.HI/c1-16-14-27(15-20(29-16)18-4-6-19(22)7-5-18)21(23-3)24-8-9-25-10-12-26(13-11-25)17(2)28;/h4-7,16,20H,8-15H2,1-3H3,(H,23,24);1H. The molecular weight excluding hydrogens is 500 g/mol. The lowest BCUT2D eigenvalue weighted by molar-refractivity contribution is -0.130. The minimum Gasteiger partial charge on any atom is -0.367 e. The minimum atomic E-state index is -0.240. The molecule has 2 heterocycles. The van der Waals surface area contributed by atoms with Crippen LogP contribution in [-0.2, 0) is 9.53 Å². The monoisotopic (exact) mass is 533 g/mol. The SMILES string of the molecule is CN=C(NCCN1CCN(C(C)=O)CC1)N1CC(C)OC(c2ccc(F)cc2)C1.I. The van der Waals surface area contributed by atoms with Crippen molar-refractivity contribution in [1.29, 1.82) is 0 Å². The summed E-state index contributed by atoms with van der Waals surface area (Å²) < 4.78 is 19.3. The first kappa shape index (κ1) is 24.8. The van der Waals surface area contributed by atoms with Gasteiger partial charge in [-0.3, -0.25) is 14.7 Å². The third kappa shape index (κ3) is 6.78. The van der Waals surface area contributed by atoms with E-state index in [0.717, 1.165) is 57.3 Å². The van der Waals surface area contributed by atoms with Crippen LogP contribution in [0.1, 0.15) is 25.5 Å². The molecule has 0 radical (unpaired) electrons. The van der Waals surface area contributed by atoms with Crippen molar-refractivity contribution >= 4 is 35.8 Å². The van der Waals surface area contributed by atoms with Crippen molar-refractivity contribution in [2.45, 2.75) is 26.1 Å². The average Bonchev–Trinajstić information content (AvgIpc) is 2.71. The van der Waals surface area contributed by atoms with E-state index < -0.39 is 0 Å². The highest BCUT2D eigenvalue weighted by molar-refractivity contribution is 14.0. The Kier molecular flexibility index (Phi) is 9.76. The van der Waals surface area contributed by atoms with Gasteiger partial charge in [0, 0.05) is 59.8 Å². The molecule has 1 N–H and O–H groups in total. The number of nitrogens with one attached hydrogen (secondary N) is 1. The van der Waals surface area contributed by atoms with Gasteiger partial charge in [0.2, 0.25) is 5.91 Å². The summed E-state index contributed by atoms with van der Waals surface area (Å²) in [5.74, 6) is 0.769. The molecule has 3 rings (SSSR count). The maximum Gasteiger partial charge on any atom is 0.219 e. The van der Waals surface area contributed by atoms with Crippen molar-refractivity contribution in [2.24, 2.45) is 4.99 Å².